The Hall–Kier alpha value is -1.34. The molecule has 1 aromatic carbocycles. The highest BCUT2D eigenvalue weighted by molar-refractivity contribution is 6.30. The summed E-state index contributed by atoms with van der Waals surface area (Å²) < 4.78 is 5.44. The van der Waals surface area contributed by atoms with Gasteiger partial charge in [0.25, 0.3) is 0 Å². The van der Waals surface area contributed by atoms with Crippen LogP contribution in [0.4, 0.5) is 4.79 Å². The zero-order valence-corrected chi connectivity index (χ0v) is 15.3. The van der Waals surface area contributed by atoms with E-state index < -0.39 is 5.60 Å². The van der Waals surface area contributed by atoms with Crippen molar-refractivity contribution in [3.05, 3.63) is 34.9 Å². The molecule has 1 atom stereocenters. The quantitative estimate of drug-likeness (QED) is 0.416. The van der Waals surface area contributed by atoms with Gasteiger partial charge in [-0.25, -0.2) is 15.6 Å². The molecule has 0 aliphatic carbocycles. The lowest BCUT2D eigenvalue weighted by atomic mass is 10.2. The standard InChI is InChI=1S/C17H27ClN4O2/c1-17(2,3)24-16(23)22-10-4-5-15(22)21-20-12-19-11-13-6-8-14(18)9-7-13/h6-9,15,19-21H,4-5,10-12H2,1-3H3. The average molecular weight is 355 g/mol. The molecule has 7 heteroatoms. The molecule has 1 aliphatic rings. The number of nitrogens with zero attached hydrogens (tertiary/aromatic N) is 1. The van der Waals surface area contributed by atoms with Gasteiger partial charge in [0.1, 0.15) is 5.60 Å². The molecule has 3 N–H and O–H groups in total. The molecule has 1 fully saturated rings. The number of carbonyl (C=O) groups is 1. The zero-order chi connectivity index (χ0) is 17.6. The Kier molecular flexibility index (Phi) is 6.86. The Labute approximate surface area is 148 Å². The largest absolute Gasteiger partial charge is 0.444 e. The number of hydrogen-bond acceptors (Lipinski definition) is 5. The minimum atomic E-state index is -0.474. The molecule has 1 amide bonds. The molecule has 1 unspecified atom stereocenters. The Morgan fingerprint density at radius 2 is 2.04 bits per heavy atom. The van der Waals surface area contributed by atoms with E-state index in [1.54, 1.807) is 4.90 Å². The maximum absolute atomic E-state index is 12.2. The van der Waals surface area contributed by atoms with Crippen LogP contribution in [0.3, 0.4) is 0 Å². The van der Waals surface area contributed by atoms with Crippen molar-refractivity contribution in [2.45, 2.75) is 51.9 Å². The summed E-state index contributed by atoms with van der Waals surface area (Å²) in [6, 6.07) is 7.73. The van der Waals surface area contributed by atoms with E-state index in [2.05, 4.69) is 16.2 Å². The molecule has 1 saturated heterocycles. The minimum Gasteiger partial charge on any atom is -0.444 e. The molecule has 6 nitrogen and oxygen atoms in total. The van der Waals surface area contributed by atoms with Gasteiger partial charge in [0.05, 0.1) is 12.8 Å². The number of ether oxygens (including phenoxy) is 1. The SMILES string of the molecule is CC(C)(C)OC(=O)N1CCCC1NNCNCc1ccc(Cl)cc1. The van der Waals surface area contributed by atoms with Gasteiger partial charge < -0.3 is 4.74 Å². The maximum Gasteiger partial charge on any atom is 0.411 e. The highest BCUT2D eigenvalue weighted by atomic mass is 35.5. The Bertz CT molecular complexity index is 530. The summed E-state index contributed by atoms with van der Waals surface area (Å²) in [6.07, 6.45) is 1.56. The van der Waals surface area contributed by atoms with Crippen LogP contribution in [-0.4, -0.2) is 36.0 Å². The molecule has 0 saturated carbocycles. The van der Waals surface area contributed by atoms with Gasteiger partial charge in [-0.05, 0) is 51.3 Å². The highest BCUT2D eigenvalue weighted by Crippen LogP contribution is 2.18. The first-order valence-corrected chi connectivity index (χ1v) is 8.66. The van der Waals surface area contributed by atoms with E-state index in [0.717, 1.165) is 30.0 Å². The van der Waals surface area contributed by atoms with Crippen molar-refractivity contribution in [2.24, 2.45) is 0 Å². The monoisotopic (exact) mass is 354 g/mol. The normalized spacial score (nSPS) is 18.0. The highest BCUT2D eigenvalue weighted by Gasteiger charge is 2.31. The number of benzene rings is 1. The molecule has 1 heterocycles. The van der Waals surface area contributed by atoms with Crippen molar-refractivity contribution in [2.75, 3.05) is 13.2 Å². The number of nitrogens with one attached hydrogen (secondary N) is 3. The van der Waals surface area contributed by atoms with Gasteiger partial charge in [-0.15, -0.1) is 0 Å². The number of amides is 1. The van der Waals surface area contributed by atoms with Crippen molar-refractivity contribution in [3.8, 4) is 0 Å². The number of rotatable bonds is 6. The van der Waals surface area contributed by atoms with E-state index in [0.29, 0.717) is 13.2 Å². The van der Waals surface area contributed by atoms with E-state index in [4.69, 9.17) is 16.3 Å². The molecule has 0 radical (unpaired) electrons. The lowest BCUT2D eigenvalue weighted by Crippen LogP contribution is -2.53. The fourth-order valence-electron chi connectivity index (χ4n) is 2.50. The Balaban J connectivity index is 1.67. The van der Waals surface area contributed by atoms with E-state index in [1.165, 1.54) is 0 Å². The molecule has 24 heavy (non-hydrogen) atoms. The topological polar surface area (TPSA) is 65.6 Å². The van der Waals surface area contributed by atoms with Crippen molar-refractivity contribution in [1.29, 1.82) is 0 Å². The van der Waals surface area contributed by atoms with Crippen LogP contribution in [0.1, 0.15) is 39.2 Å². The molecule has 0 bridgehead atoms. The fourth-order valence-corrected chi connectivity index (χ4v) is 2.62. The summed E-state index contributed by atoms with van der Waals surface area (Å²) in [4.78, 5) is 13.9. The smallest absolute Gasteiger partial charge is 0.411 e. The van der Waals surface area contributed by atoms with Crippen LogP contribution in [0.2, 0.25) is 5.02 Å². The second-order valence-electron chi connectivity index (χ2n) is 6.88. The summed E-state index contributed by atoms with van der Waals surface area (Å²) in [6.45, 7) is 7.67. The van der Waals surface area contributed by atoms with Gasteiger partial charge in [0, 0.05) is 18.1 Å². The maximum atomic E-state index is 12.2. The summed E-state index contributed by atoms with van der Waals surface area (Å²) in [7, 11) is 0. The molecule has 134 valence electrons. The van der Waals surface area contributed by atoms with Gasteiger partial charge in [-0.2, -0.15) is 0 Å². The van der Waals surface area contributed by atoms with Gasteiger partial charge in [-0.3, -0.25) is 10.2 Å². The molecular formula is C17H27ClN4O2. The molecule has 0 aromatic heterocycles. The van der Waals surface area contributed by atoms with Crippen molar-refractivity contribution < 1.29 is 9.53 Å². The van der Waals surface area contributed by atoms with Crippen LogP contribution >= 0.6 is 11.6 Å². The van der Waals surface area contributed by atoms with Crippen LogP contribution in [0.5, 0.6) is 0 Å². The van der Waals surface area contributed by atoms with Crippen LogP contribution in [-0.2, 0) is 11.3 Å². The lowest BCUT2D eigenvalue weighted by Gasteiger charge is -2.29. The molecule has 1 aliphatic heterocycles. The van der Waals surface area contributed by atoms with Crippen molar-refractivity contribution >= 4 is 17.7 Å². The third-order valence-electron chi connectivity index (χ3n) is 3.61. The number of hydrogen-bond donors (Lipinski definition) is 3. The van der Waals surface area contributed by atoms with Gasteiger partial charge >= 0.3 is 6.09 Å². The van der Waals surface area contributed by atoms with Crippen LogP contribution in [0.15, 0.2) is 24.3 Å². The summed E-state index contributed by atoms with van der Waals surface area (Å²) in [5.41, 5.74) is 7.00. The van der Waals surface area contributed by atoms with E-state index in [9.17, 15) is 4.79 Å². The van der Waals surface area contributed by atoms with Crippen molar-refractivity contribution in [1.82, 2.24) is 21.1 Å². The van der Waals surface area contributed by atoms with Crippen LogP contribution in [0.25, 0.3) is 0 Å². The predicted molar refractivity (Wildman–Crippen MR) is 95.4 cm³/mol. The van der Waals surface area contributed by atoms with Gasteiger partial charge in [0.2, 0.25) is 0 Å². The first-order valence-electron chi connectivity index (χ1n) is 8.28. The number of halogens is 1. The van der Waals surface area contributed by atoms with Gasteiger partial charge in [0.15, 0.2) is 0 Å². The fraction of sp³-hybridized carbons (Fsp3) is 0.588. The van der Waals surface area contributed by atoms with E-state index in [1.807, 2.05) is 45.0 Å². The molecule has 0 spiro atoms. The van der Waals surface area contributed by atoms with Crippen molar-refractivity contribution in [3.63, 3.8) is 0 Å². The first-order chi connectivity index (χ1) is 11.3. The van der Waals surface area contributed by atoms with Gasteiger partial charge in [-0.1, -0.05) is 23.7 Å². The second kappa shape index (κ2) is 8.67. The lowest BCUT2D eigenvalue weighted by molar-refractivity contribution is 0.0186. The number of hydrazine groups is 1. The average Bonchev–Trinajstić information content (AvgIpc) is 2.96. The Morgan fingerprint density at radius 3 is 2.71 bits per heavy atom. The molecular weight excluding hydrogens is 328 g/mol. The van der Waals surface area contributed by atoms with Crippen LogP contribution in [0, 0.1) is 0 Å². The second-order valence-corrected chi connectivity index (χ2v) is 7.32. The number of likely N-dealkylation sites (tertiary alicyclic amines) is 1. The van der Waals surface area contributed by atoms with E-state index >= 15 is 0 Å². The first kappa shape index (κ1) is 19.0. The summed E-state index contributed by atoms with van der Waals surface area (Å²) >= 11 is 5.86. The third-order valence-corrected chi connectivity index (χ3v) is 3.86. The Morgan fingerprint density at radius 1 is 1.33 bits per heavy atom. The zero-order valence-electron chi connectivity index (χ0n) is 14.6. The third kappa shape index (κ3) is 6.28. The summed E-state index contributed by atoms with van der Waals surface area (Å²) in [5.74, 6) is 0. The minimum absolute atomic E-state index is 0.0443. The van der Waals surface area contributed by atoms with E-state index in [-0.39, 0.29) is 12.3 Å². The molecule has 2 rings (SSSR count). The predicted octanol–water partition coefficient (Wildman–Crippen LogP) is 2.84. The summed E-state index contributed by atoms with van der Waals surface area (Å²) in [5, 5.41) is 4.01. The molecule has 1 aromatic rings. The number of carbonyl (C=O) groups excluding carboxylic acids is 1. The van der Waals surface area contributed by atoms with Crippen LogP contribution < -0.4 is 16.2 Å².